The summed E-state index contributed by atoms with van der Waals surface area (Å²) in [7, 11) is 0. The minimum absolute atomic E-state index is 0.694. The first kappa shape index (κ1) is 35.7. The maximum absolute atomic E-state index is 5.25. The average Bonchev–Trinajstić information content (AvgIpc) is 3.69. The number of hydrogen-bond donors (Lipinski definition) is 0. The molecule has 1 aromatic heterocycles. The van der Waals surface area contributed by atoms with Crippen LogP contribution in [0, 0.1) is 0 Å². The fraction of sp³-hybridized carbons (Fsp3) is 0. The van der Waals surface area contributed by atoms with Gasteiger partial charge in [0.25, 0.3) is 0 Å². The van der Waals surface area contributed by atoms with E-state index in [4.69, 9.17) is 9.97 Å². The number of hydrogen-bond acceptors (Lipinski definition) is 2. The van der Waals surface area contributed by atoms with Crippen molar-refractivity contribution in [2.45, 2.75) is 0 Å². The van der Waals surface area contributed by atoms with E-state index in [0.29, 0.717) is 5.82 Å². The summed E-state index contributed by atoms with van der Waals surface area (Å²) in [6, 6.07) is 82.8. The Bertz CT molecular complexity index is 3450. The van der Waals surface area contributed by atoms with E-state index in [-0.39, 0.29) is 0 Å². The van der Waals surface area contributed by atoms with E-state index in [9.17, 15) is 0 Å². The second kappa shape index (κ2) is 14.8. The summed E-state index contributed by atoms with van der Waals surface area (Å²) >= 11 is 0. The van der Waals surface area contributed by atoms with Crippen LogP contribution in [-0.4, -0.2) is 9.97 Å². The first-order chi connectivity index (χ1) is 30.7. The highest BCUT2D eigenvalue weighted by molar-refractivity contribution is 6.18. The molecule has 1 heterocycles. The monoisotopic (exact) mass is 786 g/mol. The Hall–Kier alpha value is -8.20. The Balaban J connectivity index is 0.913. The third-order valence-corrected chi connectivity index (χ3v) is 12.5. The van der Waals surface area contributed by atoms with Crippen LogP contribution >= 0.6 is 0 Å². The molecule has 0 saturated heterocycles. The van der Waals surface area contributed by atoms with Crippen LogP contribution in [0.5, 0.6) is 0 Å². The van der Waals surface area contributed by atoms with E-state index >= 15 is 0 Å². The van der Waals surface area contributed by atoms with E-state index in [2.05, 4.69) is 224 Å². The first-order valence-electron chi connectivity index (χ1n) is 21.2. The summed E-state index contributed by atoms with van der Waals surface area (Å²) in [5, 5.41) is 5.08. The van der Waals surface area contributed by atoms with Gasteiger partial charge in [0, 0.05) is 16.7 Å². The molecule has 0 aliphatic heterocycles. The highest BCUT2D eigenvalue weighted by atomic mass is 14.9. The van der Waals surface area contributed by atoms with Crippen LogP contribution in [0.3, 0.4) is 0 Å². The molecule has 1 aliphatic carbocycles. The Morgan fingerprint density at radius 3 is 1.47 bits per heavy atom. The molecule has 0 spiro atoms. The van der Waals surface area contributed by atoms with Crippen LogP contribution in [0.15, 0.2) is 231 Å². The van der Waals surface area contributed by atoms with E-state index in [1.54, 1.807) is 0 Å². The highest BCUT2D eigenvalue weighted by Gasteiger charge is 2.22. The van der Waals surface area contributed by atoms with Crippen LogP contribution in [0.25, 0.3) is 122 Å². The molecule has 0 N–H and O–H groups in total. The molecule has 1 aliphatic rings. The molecule has 288 valence electrons. The predicted octanol–water partition coefficient (Wildman–Crippen LogP) is 16.1. The molecule has 0 radical (unpaired) electrons. The highest BCUT2D eigenvalue weighted by Crippen LogP contribution is 2.49. The van der Waals surface area contributed by atoms with Crippen molar-refractivity contribution in [1.29, 1.82) is 0 Å². The molecular weight excluding hydrogens is 749 g/mol. The van der Waals surface area contributed by atoms with Crippen LogP contribution in [0.1, 0.15) is 0 Å². The molecule has 0 saturated carbocycles. The summed E-state index contributed by atoms with van der Waals surface area (Å²) in [5.74, 6) is 0.694. The molecule has 0 bridgehead atoms. The van der Waals surface area contributed by atoms with Crippen LogP contribution in [0.2, 0.25) is 0 Å². The third kappa shape index (κ3) is 6.12. The van der Waals surface area contributed by atoms with Crippen molar-refractivity contribution in [3.8, 4) is 101 Å². The Labute approximate surface area is 361 Å². The Morgan fingerprint density at radius 1 is 0.226 bits per heavy atom. The summed E-state index contributed by atoms with van der Waals surface area (Å²) in [5.41, 5.74) is 19.6. The quantitative estimate of drug-likeness (QED) is 0.161. The van der Waals surface area contributed by atoms with Crippen molar-refractivity contribution in [3.05, 3.63) is 231 Å². The zero-order chi connectivity index (χ0) is 41.0. The molecule has 0 unspecified atom stereocenters. The van der Waals surface area contributed by atoms with Gasteiger partial charge in [-0.1, -0.05) is 212 Å². The van der Waals surface area contributed by atoms with Gasteiger partial charge in [-0.15, -0.1) is 0 Å². The maximum atomic E-state index is 5.25. The van der Waals surface area contributed by atoms with Crippen molar-refractivity contribution >= 4 is 21.5 Å². The lowest BCUT2D eigenvalue weighted by Gasteiger charge is -2.14. The topological polar surface area (TPSA) is 25.8 Å². The SMILES string of the molecule is c1ccc(-c2cc(-c3ccccc3-c3ccccc3)nc(-c3ccc(-c4cc(-c5ccc(-c6ccc7c8c(cccc68)-c6ccccc6-7)cc5)cc5ccccc45)cc3)n2)cc1. The van der Waals surface area contributed by atoms with Gasteiger partial charge in [0.05, 0.1) is 11.4 Å². The smallest absolute Gasteiger partial charge is 0.160 e. The van der Waals surface area contributed by atoms with Crippen molar-refractivity contribution in [1.82, 2.24) is 9.97 Å². The van der Waals surface area contributed by atoms with Crippen molar-refractivity contribution in [3.63, 3.8) is 0 Å². The van der Waals surface area contributed by atoms with Crippen molar-refractivity contribution < 1.29 is 0 Å². The molecule has 2 nitrogen and oxygen atoms in total. The number of fused-ring (bicyclic) bond motifs is 4. The number of nitrogens with zero attached hydrogens (tertiary/aromatic N) is 2. The zero-order valence-corrected chi connectivity index (χ0v) is 33.8. The van der Waals surface area contributed by atoms with E-state index in [1.807, 2.05) is 6.07 Å². The fourth-order valence-corrected chi connectivity index (χ4v) is 9.46. The molecule has 12 rings (SSSR count). The fourth-order valence-electron chi connectivity index (χ4n) is 9.46. The van der Waals surface area contributed by atoms with Gasteiger partial charge >= 0.3 is 0 Å². The Kier molecular flexibility index (Phi) is 8.53. The van der Waals surface area contributed by atoms with Gasteiger partial charge in [0.1, 0.15) is 0 Å². The molecular formula is C60H38N2. The van der Waals surface area contributed by atoms with Gasteiger partial charge in [-0.25, -0.2) is 9.97 Å². The predicted molar refractivity (Wildman–Crippen MR) is 260 cm³/mol. The van der Waals surface area contributed by atoms with Crippen molar-refractivity contribution in [2.24, 2.45) is 0 Å². The second-order valence-corrected chi connectivity index (χ2v) is 16.1. The van der Waals surface area contributed by atoms with E-state index < -0.39 is 0 Å². The minimum Gasteiger partial charge on any atom is -0.228 e. The van der Waals surface area contributed by atoms with Crippen LogP contribution in [0.4, 0.5) is 0 Å². The van der Waals surface area contributed by atoms with Crippen molar-refractivity contribution in [2.75, 3.05) is 0 Å². The van der Waals surface area contributed by atoms with Crippen LogP contribution in [-0.2, 0) is 0 Å². The molecule has 62 heavy (non-hydrogen) atoms. The first-order valence-corrected chi connectivity index (χ1v) is 21.2. The van der Waals surface area contributed by atoms with Gasteiger partial charge in [0.15, 0.2) is 5.82 Å². The lowest BCUT2D eigenvalue weighted by Crippen LogP contribution is -1.97. The largest absolute Gasteiger partial charge is 0.228 e. The number of benzene rings is 10. The summed E-state index contributed by atoms with van der Waals surface area (Å²) in [6.45, 7) is 0. The molecule has 0 fully saturated rings. The third-order valence-electron chi connectivity index (χ3n) is 12.5. The van der Waals surface area contributed by atoms with Gasteiger partial charge in [-0.2, -0.15) is 0 Å². The lowest BCUT2D eigenvalue weighted by molar-refractivity contribution is 1.18. The minimum atomic E-state index is 0.694. The Morgan fingerprint density at radius 2 is 0.726 bits per heavy atom. The summed E-state index contributed by atoms with van der Waals surface area (Å²) in [6.07, 6.45) is 0. The number of aromatic nitrogens is 2. The van der Waals surface area contributed by atoms with E-state index in [1.165, 1.54) is 71.6 Å². The van der Waals surface area contributed by atoms with E-state index in [0.717, 1.165) is 44.8 Å². The summed E-state index contributed by atoms with van der Waals surface area (Å²) in [4.78, 5) is 10.4. The zero-order valence-electron chi connectivity index (χ0n) is 33.8. The van der Waals surface area contributed by atoms with Gasteiger partial charge in [-0.3, -0.25) is 0 Å². The molecule has 2 heteroatoms. The van der Waals surface area contributed by atoms with Gasteiger partial charge in [0.2, 0.25) is 0 Å². The standard InChI is InChI=1S/C60H38N2/c1-3-14-40(15-4-1)47-19-9-12-23-52(47)58-38-57(43-16-5-2-6-17-43)61-60(62-58)44-32-30-42(31-33-44)56-37-46(36-45-18-7-8-20-48(45)56)39-26-28-41(29-27-39)49-34-35-55-51-22-11-10-21-50(51)54-25-13-24-53(49)59(54)55/h1-38H. The normalized spacial score (nSPS) is 11.5. The van der Waals surface area contributed by atoms with Gasteiger partial charge < -0.3 is 0 Å². The molecule has 10 aromatic carbocycles. The van der Waals surface area contributed by atoms with Crippen LogP contribution < -0.4 is 0 Å². The lowest BCUT2D eigenvalue weighted by atomic mass is 9.91. The second-order valence-electron chi connectivity index (χ2n) is 16.1. The summed E-state index contributed by atoms with van der Waals surface area (Å²) < 4.78 is 0. The van der Waals surface area contributed by atoms with Gasteiger partial charge in [-0.05, 0) is 107 Å². The molecule has 11 aromatic rings. The maximum Gasteiger partial charge on any atom is 0.160 e. The average molecular weight is 787 g/mol. The molecule has 0 amide bonds. The molecule has 0 atom stereocenters. The number of rotatable bonds is 7.